The van der Waals surface area contributed by atoms with Crippen LogP contribution in [0.5, 0.6) is 5.75 Å². The molecule has 1 aromatic rings. The number of amides is 1. The van der Waals surface area contributed by atoms with E-state index in [1.807, 2.05) is 7.05 Å². The molecular formula is C15H21ClN2O2. The van der Waals surface area contributed by atoms with Crippen molar-refractivity contribution in [2.75, 3.05) is 26.0 Å². The fourth-order valence-electron chi connectivity index (χ4n) is 2.65. The van der Waals surface area contributed by atoms with Crippen molar-refractivity contribution in [1.29, 1.82) is 0 Å². The van der Waals surface area contributed by atoms with Gasteiger partial charge in [-0.05, 0) is 38.1 Å². The first-order valence-corrected chi connectivity index (χ1v) is 7.31. The molecule has 1 saturated carbocycles. The molecule has 1 N–H and O–H groups in total. The highest BCUT2D eigenvalue weighted by Crippen LogP contribution is 2.27. The lowest BCUT2D eigenvalue weighted by Gasteiger charge is -2.23. The molecule has 0 radical (unpaired) electrons. The molecule has 0 spiro atoms. The summed E-state index contributed by atoms with van der Waals surface area (Å²) in [4.78, 5) is 14.2. The Morgan fingerprint density at radius 1 is 1.45 bits per heavy atom. The lowest BCUT2D eigenvalue weighted by Crippen LogP contribution is -2.36. The molecule has 1 aromatic carbocycles. The van der Waals surface area contributed by atoms with Crippen LogP contribution in [0.3, 0.4) is 0 Å². The van der Waals surface area contributed by atoms with Crippen LogP contribution in [0.15, 0.2) is 18.2 Å². The summed E-state index contributed by atoms with van der Waals surface area (Å²) in [6, 6.07) is 5.78. The van der Waals surface area contributed by atoms with Crippen molar-refractivity contribution in [3.8, 4) is 5.75 Å². The van der Waals surface area contributed by atoms with Crippen LogP contribution >= 0.6 is 11.6 Å². The fourth-order valence-corrected chi connectivity index (χ4v) is 2.90. The van der Waals surface area contributed by atoms with E-state index in [1.165, 1.54) is 25.7 Å². The normalized spacial score (nSPS) is 15.6. The van der Waals surface area contributed by atoms with Crippen molar-refractivity contribution in [3.63, 3.8) is 0 Å². The molecule has 0 heterocycles. The third-order valence-electron chi connectivity index (χ3n) is 3.78. The van der Waals surface area contributed by atoms with Gasteiger partial charge in [-0.1, -0.05) is 24.4 Å². The molecule has 20 heavy (non-hydrogen) atoms. The summed E-state index contributed by atoms with van der Waals surface area (Å²) in [5.74, 6) is 0.591. The van der Waals surface area contributed by atoms with Gasteiger partial charge in [-0.15, -0.1) is 0 Å². The summed E-state index contributed by atoms with van der Waals surface area (Å²) in [6.07, 6.45) is 4.92. The van der Waals surface area contributed by atoms with E-state index in [4.69, 9.17) is 16.3 Å². The lowest BCUT2D eigenvalue weighted by molar-refractivity contribution is -0.117. The van der Waals surface area contributed by atoms with Crippen molar-refractivity contribution in [3.05, 3.63) is 23.2 Å². The van der Waals surface area contributed by atoms with Crippen molar-refractivity contribution in [2.45, 2.75) is 31.7 Å². The van der Waals surface area contributed by atoms with Crippen molar-refractivity contribution in [2.24, 2.45) is 0 Å². The summed E-state index contributed by atoms with van der Waals surface area (Å²) in [6.45, 7) is 0.411. The zero-order chi connectivity index (χ0) is 14.5. The lowest BCUT2D eigenvalue weighted by atomic mass is 10.2. The SMILES string of the molecule is COc1ccc(NC(=O)CN(C)C2CCCC2)cc1Cl. The first kappa shape index (κ1) is 15.1. The summed E-state index contributed by atoms with van der Waals surface area (Å²) in [7, 11) is 3.58. The molecule has 4 nitrogen and oxygen atoms in total. The molecule has 0 atom stereocenters. The van der Waals surface area contributed by atoms with Gasteiger partial charge in [0.15, 0.2) is 0 Å². The highest BCUT2D eigenvalue weighted by Gasteiger charge is 2.21. The third-order valence-corrected chi connectivity index (χ3v) is 4.07. The molecule has 0 aliphatic heterocycles. The minimum absolute atomic E-state index is 0.0133. The van der Waals surface area contributed by atoms with Gasteiger partial charge in [0, 0.05) is 11.7 Å². The Morgan fingerprint density at radius 2 is 2.15 bits per heavy atom. The van der Waals surface area contributed by atoms with Crippen LogP contribution in [0, 0.1) is 0 Å². The van der Waals surface area contributed by atoms with Gasteiger partial charge in [0.25, 0.3) is 0 Å². The Labute approximate surface area is 125 Å². The van der Waals surface area contributed by atoms with Crippen LogP contribution in [-0.4, -0.2) is 37.6 Å². The van der Waals surface area contributed by atoms with E-state index < -0.39 is 0 Å². The molecule has 110 valence electrons. The van der Waals surface area contributed by atoms with Crippen molar-refractivity contribution >= 4 is 23.2 Å². The quantitative estimate of drug-likeness (QED) is 0.907. The molecular weight excluding hydrogens is 276 g/mol. The zero-order valence-electron chi connectivity index (χ0n) is 12.0. The maximum atomic E-state index is 12.0. The summed E-state index contributed by atoms with van der Waals surface area (Å²) in [5, 5.41) is 3.36. The number of halogens is 1. The van der Waals surface area contributed by atoms with Gasteiger partial charge in [-0.3, -0.25) is 9.69 Å². The molecule has 0 unspecified atom stereocenters. The Hall–Kier alpha value is -1.26. The Morgan fingerprint density at radius 3 is 2.75 bits per heavy atom. The number of hydrogen-bond acceptors (Lipinski definition) is 3. The van der Waals surface area contributed by atoms with Gasteiger partial charge in [0.05, 0.1) is 18.7 Å². The largest absolute Gasteiger partial charge is 0.495 e. The first-order chi connectivity index (χ1) is 9.60. The highest BCUT2D eigenvalue weighted by atomic mass is 35.5. The molecule has 5 heteroatoms. The Bertz CT molecular complexity index is 473. The van der Waals surface area contributed by atoms with Gasteiger partial charge in [0.2, 0.25) is 5.91 Å². The van der Waals surface area contributed by atoms with E-state index in [1.54, 1.807) is 25.3 Å². The van der Waals surface area contributed by atoms with Crippen LogP contribution in [0.2, 0.25) is 5.02 Å². The smallest absolute Gasteiger partial charge is 0.238 e. The van der Waals surface area contributed by atoms with Crippen LogP contribution in [0.25, 0.3) is 0 Å². The topological polar surface area (TPSA) is 41.6 Å². The maximum Gasteiger partial charge on any atom is 0.238 e. The van der Waals surface area contributed by atoms with Crippen molar-refractivity contribution in [1.82, 2.24) is 4.90 Å². The van der Waals surface area contributed by atoms with Gasteiger partial charge in [0.1, 0.15) is 5.75 Å². The zero-order valence-corrected chi connectivity index (χ0v) is 12.7. The Kier molecular flexibility index (Phi) is 5.26. The van der Waals surface area contributed by atoms with E-state index in [0.29, 0.717) is 29.0 Å². The minimum atomic E-state index is -0.0133. The summed E-state index contributed by atoms with van der Waals surface area (Å²) >= 11 is 6.04. The van der Waals surface area contributed by atoms with Crippen LogP contribution in [0.4, 0.5) is 5.69 Å². The predicted octanol–water partition coefficient (Wildman–Crippen LogP) is 3.16. The molecule has 0 saturated heterocycles. The van der Waals surface area contributed by atoms with Gasteiger partial charge in [-0.2, -0.15) is 0 Å². The first-order valence-electron chi connectivity index (χ1n) is 6.94. The Balaban J connectivity index is 1.89. The number of nitrogens with one attached hydrogen (secondary N) is 1. The van der Waals surface area contributed by atoms with Crippen LogP contribution < -0.4 is 10.1 Å². The predicted molar refractivity (Wildman–Crippen MR) is 81.5 cm³/mol. The van der Waals surface area contributed by atoms with Crippen LogP contribution in [-0.2, 0) is 4.79 Å². The monoisotopic (exact) mass is 296 g/mol. The minimum Gasteiger partial charge on any atom is -0.495 e. The average molecular weight is 297 g/mol. The van der Waals surface area contributed by atoms with E-state index in [0.717, 1.165) is 0 Å². The molecule has 2 rings (SSSR count). The van der Waals surface area contributed by atoms with E-state index >= 15 is 0 Å². The highest BCUT2D eigenvalue weighted by molar-refractivity contribution is 6.32. The molecule has 0 aromatic heterocycles. The summed E-state index contributed by atoms with van der Waals surface area (Å²) in [5.41, 5.74) is 0.695. The van der Waals surface area contributed by atoms with Gasteiger partial charge < -0.3 is 10.1 Å². The van der Waals surface area contributed by atoms with Gasteiger partial charge >= 0.3 is 0 Å². The average Bonchev–Trinajstić information content (AvgIpc) is 2.92. The fraction of sp³-hybridized carbons (Fsp3) is 0.533. The van der Waals surface area contributed by atoms with E-state index in [-0.39, 0.29) is 5.91 Å². The standard InChI is InChI=1S/C15H21ClN2O2/c1-18(12-5-3-4-6-12)10-15(19)17-11-7-8-14(20-2)13(16)9-11/h7-9,12H,3-6,10H2,1-2H3,(H,17,19). The molecule has 1 amide bonds. The number of rotatable bonds is 5. The number of carbonyl (C=O) groups is 1. The number of methoxy groups -OCH3 is 1. The second-order valence-electron chi connectivity index (χ2n) is 5.25. The van der Waals surface area contributed by atoms with Gasteiger partial charge in [-0.25, -0.2) is 0 Å². The van der Waals surface area contributed by atoms with Crippen LogP contribution in [0.1, 0.15) is 25.7 Å². The number of carbonyl (C=O) groups excluding carboxylic acids is 1. The second kappa shape index (κ2) is 6.95. The number of nitrogens with zero attached hydrogens (tertiary/aromatic N) is 1. The van der Waals surface area contributed by atoms with Crippen molar-refractivity contribution < 1.29 is 9.53 Å². The van der Waals surface area contributed by atoms with E-state index in [2.05, 4.69) is 10.2 Å². The number of hydrogen-bond donors (Lipinski definition) is 1. The third kappa shape index (κ3) is 3.87. The van der Waals surface area contributed by atoms with E-state index in [9.17, 15) is 4.79 Å². The number of benzene rings is 1. The number of anilines is 1. The molecule has 0 bridgehead atoms. The second-order valence-corrected chi connectivity index (χ2v) is 5.66. The molecule has 1 aliphatic rings. The maximum absolute atomic E-state index is 12.0. The number of likely N-dealkylation sites (N-methyl/N-ethyl adjacent to an activating group) is 1. The summed E-state index contributed by atoms with van der Waals surface area (Å²) < 4.78 is 5.08. The number of ether oxygens (including phenoxy) is 1. The molecule has 1 fully saturated rings. The molecule has 1 aliphatic carbocycles.